The SMILES string of the molecule is COc1nc(NC(=O)NS(=O)(=O)c2ccccc2C(=O)O)nc(C(F)(F)F)n1. The first kappa shape index (κ1) is 20.8. The van der Waals surface area contributed by atoms with Crippen molar-refractivity contribution in [3.05, 3.63) is 35.7 Å². The van der Waals surface area contributed by atoms with E-state index in [1.54, 1.807) is 5.32 Å². The van der Waals surface area contributed by atoms with Crippen LogP contribution in [-0.2, 0) is 16.2 Å². The van der Waals surface area contributed by atoms with Crippen LogP contribution < -0.4 is 14.8 Å². The Morgan fingerprint density at radius 1 is 1.14 bits per heavy atom. The Balaban J connectivity index is 2.28. The minimum atomic E-state index is -4.99. The predicted molar refractivity (Wildman–Crippen MR) is 84.1 cm³/mol. The van der Waals surface area contributed by atoms with Gasteiger partial charge in [-0.2, -0.15) is 28.1 Å². The molecular formula is C13H10F3N5O6S. The van der Waals surface area contributed by atoms with E-state index in [2.05, 4.69) is 19.7 Å². The Bertz CT molecular complexity index is 1030. The van der Waals surface area contributed by atoms with Crippen LogP contribution in [0.15, 0.2) is 29.2 Å². The second-order valence-electron chi connectivity index (χ2n) is 4.83. The van der Waals surface area contributed by atoms with Crippen LogP contribution in [0.4, 0.5) is 23.9 Å². The van der Waals surface area contributed by atoms with Gasteiger partial charge < -0.3 is 9.84 Å². The fraction of sp³-hybridized carbons (Fsp3) is 0.154. The number of anilines is 1. The number of aromatic carboxylic acids is 1. The Morgan fingerprint density at radius 3 is 2.36 bits per heavy atom. The summed E-state index contributed by atoms with van der Waals surface area (Å²) in [6.07, 6.45) is -4.99. The summed E-state index contributed by atoms with van der Waals surface area (Å²) in [7, 11) is -3.71. The third-order valence-corrected chi connectivity index (χ3v) is 4.30. The van der Waals surface area contributed by atoms with E-state index in [0.717, 1.165) is 19.2 Å². The molecule has 2 aromatic rings. The van der Waals surface area contributed by atoms with Gasteiger partial charge >= 0.3 is 24.2 Å². The lowest BCUT2D eigenvalue weighted by atomic mass is 10.2. The number of sulfonamides is 1. The van der Waals surface area contributed by atoms with Crippen molar-refractivity contribution in [3.63, 3.8) is 0 Å². The summed E-state index contributed by atoms with van der Waals surface area (Å²) >= 11 is 0. The zero-order chi connectivity index (χ0) is 21.1. The molecule has 1 aromatic heterocycles. The molecule has 0 radical (unpaired) electrons. The number of ether oxygens (including phenoxy) is 1. The van der Waals surface area contributed by atoms with Gasteiger partial charge in [0.15, 0.2) is 0 Å². The fourth-order valence-corrected chi connectivity index (χ4v) is 2.92. The number of carbonyl (C=O) groups excluding carboxylic acids is 1. The second kappa shape index (κ2) is 7.63. The van der Waals surface area contributed by atoms with Crippen LogP contribution >= 0.6 is 0 Å². The number of rotatable bonds is 5. The number of halogens is 3. The first-order chi connectivity index (χ1) is 12.9. The van der Waals surface area contributed by atoms with E-state index >= 15 is 0 Å². The molecule has 28 heavy (non-hydrogen) atoms. The molecule has 0 bridgehead atoms. The summed E-state index contributed by atoms with van der Waals surface area (Å²) in [5, 5.41) is 10.7. The van der Waals surface area contributed by atoms with E-state index < -0.39 is 56.4 Å². The van der Waals surface area contributed by atoms with Crippen molar-refractivity contribution in [1.29, 1.82) is 0 Å². The number of hydrogen-bond acceptors (Lipinski definition) is 8. The highest BCUT2D eigenvalue weighted by Crippen LogP contribution is 2.27. The first-order valence-corrected chi connectivity index (χ1v) is 8.45. The van der Waals surface area contributed by atoms with Crippen LogP contribution in [0.3, 0.4) is 0 Å². The average Bonchev–Trinajstić information content (AvgIpc) is 2.60. The highest BCUT2D eigenvalue weighted by Gasteiger charge is 2.36. The molecule has 2 rings (SSSR count). The van der Waals surface area contributed by atoms with Gasteiger partial charge in [-0.15, -0.1) is 0 Å². The number of alkyl halides is 3. The van der Waals surface area contributed by atoms with Crippen LogP contribution in [0.5, 0.6) is 6.01 Å². The summed E-state index contributed by atoms with van der Waals surface area (Å²) in [5.74, 6) is -4.20. The van der Waals surface area contributed by atoms with Crippen LogP contribution in [0.1, 0.15) is 16.2 Å². The van der Waals surface area contributed by atoms with Crippen LogP contribution in [0.2, 0.25) is 0 Å². The number of aromatic nitrogens is 3. The third kappa shape index (κ3) is 4.81. The largest absolute Gasteiger partial charge is 0.478 e. The molecular weight excluding hydrogens is 411 g/mol. The maximum atomic E-state index is 12.7. The summed E-state index contributed by atoms with van der Waals surface area (Å²) in [6.45, 7) is 0. The molecule has 2 amide bonds. The van der Waals surface area contributed by atoms with Crippen molar-refractivity contribution in [3.8, 4) is 6.01 Å². The lowest BCUT2D eigenvalue weighted by Gasteiger charge is -2.11. The van der Waals surface area contributed by atoms with Crippen molar-refractivity contribution in [2.24, 2.45) is 0 Å². The van der Waals surface area contributed by atoms with Gasteiger partial charge in [-0.3, -0.25) is 5.32 Å². The van der Waals surface area contributed by atoms with E-state index in [1.807, 2.05) is 0 Å². The lowest BCUT2D eigenvalue weighted by molar-refractivity contribution is -0.145. The molecule has 150 valence electrons. The molecule has 0 aliphatic heterocycles. The molecule has 0 aliphatic carbocycles. The quantitative estimate of drug-likeness (QED) is 0.642. The molecule has 0 unspecified atom stereocenters. The standard InChI is InChI=1S/C13H10F3N5O6S/c1-27-12-18-9(13(14,15)16)17-10(20-12)19-11(24)21-28(25,26)7-5-3-2-4-6(7)8(22)23/h2-5H,1H3,(H,22,23)(H2,17,18,19,20,21,24). The Morgan fingerprint density at radius 2 is 1.79 bits per heavy atom. The zero-order valence-corrected chi connectivity index (χ0v) is 14.5. The predicted octanol–water partition coefficient (Wildman–Crippen LogP) is 1.11. The van der Waals surface area contributed by atoms with E-state index in [9.17, 15) is 31.2 Å². The molecule has 3 N–H and O–H groups in total. The minimum absolute atomic E-state index is 0.621. The van der Waals surface area contributed by atoms with Gasteiger partial charge in [-0.1, -0.05) is 12.1 Å². The number of benzene rings is 1. The van der Waals surface area contributed by atoms with Crippen LogP contribution in [0.25, 0.3) is 0 Å². The number of urea groups is 1. The van der Waals surface area contributed by atoms with Gasteiger partial charge in [0.05, 0.1) is 12.7 Å². The summed E-state index contributed by atoms with van der Waals surface area (Å²) in [4.78, 5) is 31.5. The van der Waals surface area contributed by atoms with E-state index in [4.69, 9.17) is 5.11 Å². The molecule has 11 nitrogen and oxygen atoms in total. The Labute approximate surface area is 154 Å². The normalized spacial score (nSPS) is 11.6. The number of methoxy groups -OCH3 is 1. The van der Waals surface area contributed by atoms with Gasteiger partial charge in [0.1, 0.15) is 4.90 Å². The number of hydrogen-bond donors (Lipinski definition) is 3. The van der Waals surface area contributed by atoms with Crippen molar-refractivity contribution < 1.29 is 41.0 Å². The highest BCUT2D eigenvalue weighted by molar-refractivity contribution is 7.90. The van der Waals surface area contributed by atoms with E-state index in [0.29, 0.717) is 0 Å². The second-order valence-corrected chi connectivity index (χ2v) is 6.48. The number of nitrogens with zero attached hydrogens (tertiary/aromatic N) is 3. The van der Waals surface area contributed by atoms with Gasteiger partial charge in [0.2, 0.25) is 11.8 Å². The Hall–Kier alpha value is -3.49. The lowest BCUT2D eigenvalue weighted by Crippen LogP contribution is -2.35. The number of carbonyl (C=O) groups is 2. The first-order valence-electron chi connectivity index (χ1n) is 6.97. The highest BCUT2D eigenvalue weighted by atomic mass is 32.2. The molecule has 0 aliphatic rings. The van der Waals surface area contributed by atoms with Crippen LogP contribution in [0, 0.1) is 0 Å². The van der Waals surface area contributed by atoms with Crippen molar-refractivity contribution in [1.82, 2.24) is 19.7 Å². The number of carboxylic acids is 1. The molecule has 0 spiro atoms. The monoisotopic (exact) mass is 421 g/mol. The average molecular weight is 421 g/mol. The molecule has 0 atom stereocenters. The van der Waals surface area contributed by atoms with Gasteiger partial charge in [-0.05, 0) is 12.1 Å². The number of amides is 2. The van der Waals surface area contributed by atoms with E-state index in [-0.39, 0.29) is 0 Å². The number of carboxylic acid groups (broad SMARTS) is 1. The van der Waals surface area contributed by atoms with Gasteiger partial charge in [0.25, 0.3) is 10.0 Å². The zero-order valence-electron chi connectivity index (χ0n) is 13.7. The maximum Gasteiger partial charge on any atom is 0.451 e. The molecule has 0 saturated carbocycles. The molecule has 1 aromatic carbocycles. The topological polar surface area (TPSA) is 160 Å². The summed E-state index contributed by atoms with van der Waals surface area (Å²) < 4.78 is 68.6. The summed E-state index contributed by atoms with van der Waals surface area (Å²) in [5.41, 5.74) is -0.621. The van der Waals surface area contributed by atoms with Crippen molar-refractivity contribution in [2.45, 2.75) is 11.1 Å². The fourth-order valence-electron chi connectivity index (χ4n) is 1.81. The molecule has 0 saturated heterocycles. The van der Waals surface area contributed by atoms with Crippen molar-refractivity contribution >= 4 is 28.0 Å². The van der Waals surface area contributed by atoms with Gasteiger partial charge in [-0.25, -0.2) is 22.7 Å². The summed E-state index contributed by atoms with van der Waals surface area (Å²) in [6, 6.07) is 2.07. The minimum Gasteiger partial charge on any atom is -0.478 e. The maximum absolute atomic E-state index is 12.7. The smallest absolute Gasteiger partial charge is 0.451 e. The van der Waals surface area contributed by atoms with Crippen LogP contribution in [-0.4, -0.2) is 47.6 Å². The molecule has 1 heterocycles. The Kier molecular flexibility index (Phi) is 5.67. The van der Waals surface area contributed by atoms with Gasteiger partial charge in [0, 0.05) is 0 Å². The number of nitrogens with one attached hydrogen (secondary N) is 2. The third-order valence-electron chi connectivity index (χ3n) is 2.91. The molecule has 15 heteroatoms. The van der Waals surface area contributed by atoms with E-state index in [1.165, 1.54) is 16.9 Å². The van der Waals surface area contributed by atoms with Crippen molar-refractivity contribution in [2.75, 3.05) is 12.4 Å². The molecule has 0 fully saturated rings.